The van der Waals surface area contributed by atoms with Crippen molar-refractivity contribution in [3.63, 3.8) is 0 Å². The van der Waals surface area contributed by atoms with E-state index in [0.717, 1.165) is 17.8 Å². The zero-order chi connectivity index (χ0) is 14.2. The number of nitrogens with zero attached hydrogens (tertiary/aromatic N) is 1. The lowest BCUT2D eigenvalue weighted by atomic mass is 9.79. The van der Waals surface area contributed by atoms with Gasteiger partial charge in [-0.05, 0) is 24.8 Å². The first-order valence-electron chi connectivity index (χ1n) is 6.54. The van der Waals surface area contributed by atoms with Crippen molar-refractivity contribution in [1.29, 1.82) is 0 Å². The summed E-state index contributed by atoms with van der Waals surface area (Å²) in [7, 11) is 1.61. The third-order valence-electron chi connectivity index (χ3n) is 3.83. The second-order valence-corrected chi connectivity index (χ2v) is 7.12. The maximum absolute atomic E-state index is 12.6. The first-order valence-corrected chi connectivity index (χ1v) is 7.36. The number of methoxy groups -OCH3 is 1. The Balaban J connectivity index is 0.00000200. The lowest BCUT2D eigenvalue weighted by Gasteiger charge is -2.42. The zero-order valence-electron chi connectivity index (χ0n) is 12.4. The molecular weight excluding hydrogens is 296 g/mol. The highest BCUT2D eigenvalue weighted by atomic mass is 35.5. The molecule has 0 saturated carbocycles. The average Bonchev–Trinajstić information content (AvgIpc) is 2.73. The Morgan fingerprint density at radius 2 is 2.20 bits per heavy atom. The van der Waals surface area contributed by atoms with Gasteiger partial charge in [0.05, 0.1) is 7.11 Å². The number of carbonyl (C=O) groups excluding carboxylic acids is 1. The second kappa shape index (κ2) is 6.33. The van der Waals surface area contributed by atoms with E-state index in [2.05, 4.69) is 13.8 Å². The van der Waals surface area contributed by atoms with Gasteiger partial charge in [0.2, 0.25) is 0 Å². The third-order valence-corrected chi connectivity index (χ3v) is 4.85. The predicted octanol–water partition coefficient (Wildman–Crippen LogP) is 2.69. The maximum atomic E-state index is 12.6. The molecular formula is C14H23ClN2O2S. The molecule has 1 aliphatic heterocycles. The number of thiophene rings is 1. The molecule has 0 spiro atoms. The van der Waals surface area contributed by atoms with Crippen LogP contribution in [0.4, 0.5) is 0 Å². The molecule has 0 aliphatic carbocycles. The van der Waals surface area contributed by atoms with Crippen molar-refractivity contribution >= 4 is 29.7 Å². The van der Waals surface area contributed by atoms with E-state index in [1.807, 2.05) is 17.9 Å². The number of aryl methyl sites for hydroxylation is 1. The Labute approximate surface area is 130 Å². The van der Waals surface area contributed by atoms with Gasteiger partial charge in [-0.1, -0.05) is 13.8 Å². The van der Waals surface area contributed by atoms with Crippen LogP contribution in [0, 0.1) is 12.3 Å². The van der Waals surface area contributed by atoms with Crippen LogP contribution in [-0.2, 0) is 0 Å². The second-order valence-electron chi connectivity index (χ2n) is 5.87. The first-order chi connectivity index (χ1) is 8.85. The molecule has 4 nitrogen and oxygen atoms in total. The largest absolute Gasteiger partial charge is 0.495 e. The van der Waals surface area contributed by atoms with E-state index < -0.39 is 0 Å². The Kier molecular flexibility index (Phi) is 5.46. The summed E-state index contributed by atoms with van der Waals surface area (Å²) in [4.78, 5) is 16.3. The normalized spacial score (nSPS) is 21.2. The number of nitrogens with two attached hydrogens (primary N) is 1. The molecule has 1 unspecified atom stereocenters. The van der Waals surface area contributed by atoms with E-state index >= 15 is 0 Å². The van der Waals surface area contributed by atoms with Gasteiger partial charge in [-0.25, -0.2) is 0 Å². The number of likely N-dealkylation sites (tertiary alicyclic amines) is 1. The number of amides is 1. The lowest BCUT2D eigenvalue weighted by molar-refractivity contribution is 0.0535. The van der Waals surface area contributed by atoms with E-state index in [1.165, 1.54) is 11.3 Å². The van der Waals surface area contributed by atoms with Crippen molar-refractivity contribution in [3.05, 3.63) is 15.8 Å². The minimum atomic E-state index is -0.0343. The van der Waals surface area contributed by atoms with Crippen LogP contribution in [0.2, 0.25) is 0 Å². The number of piperidine rings is 1. The highest BCUT2D eigenvalue weighted by Gasteiger charge is 2.36. The molecule has 0 bridgehead atoms. The summed E-state index contributed by atoms with van der Waals surface area (Å²) in [5, 5.41) is 0. The van der Waals surface area contributed by atoms with Gasteiger partial charge in [-0.15, -0.1) is 23.7 Å². The van der Waals surface area contributed by atoms with E-state index in [4.69, 9.17) is 10.5 Å². The number of hydrogen-bond acceptors (Lipinski definition) is 4. The summed E-state index contributed by atoms with van der Waals surface area (Å²) in [5.41, 5.74) is 6.08. The van der Waals surface area contributed by atoms with Crippen molar-refractivity contribution in [1.82, 2.24) is 4.90 Å². The van der Waals surface area contributed by atoms with Gasteiger partial charge in [0, 0.05) is 24.0 Å². The van der Waals surface area contributed by atoms with E-state index in [9.17, 15) is 4.79 Å². The van der Waals surface area contributed by atoms with Crippen LogP contribution in [0.3, 0.4) is 0 Å². The molecule has 1 aromatic heterocycles. The predicted molar refractivity (Wildman–Crippen MR) is 85.1 cm³/mol. The van der Waals surface area contributed by atoms with Crippen LogP contribution in [0.1, 0.15) is 34.8 Å². The first kappa shape index (κ1) is 17.3. The van der Waals surface area contributed by atoms with Crippen LogP contribution >= 0.6 is 23.7 Å². The summed E-state index contributed by atoms with van der Waals surface area (Å²) in [6.07, 6.45) is 0.853. The van der Waals surface area contributed by atoms with E-state index in [1.54, 1.807) is 7.11 Å². The molecule has 2 N–H and O–H groups in total. The molecule has 1 aromatic rings. The van der Waals surface area contributed by atoms with Gasteiger partial charge in [0.25, 0.3) is 5.91 Å². The van der Waals surface area contributed by atoms with Gasteiger partial charge in [-0.2, -0.15) is 0 Å². The molecule has 1 amide bonds. The highest BCUT2D eigenvalue weighted by molar-refractivity contribution is 7.14. The number of halogens is 1. The fourth-order valence-corrected chi connectivity index (χ4v) is 3.43. The summed E-state index contributed by atoms with van der Waals surface area (Å²) in [6.45, 7) is 7.65. The standard InChI is InChI=1S/C14H22N2O2S.ClH/c1-9-7-10(18-4)12(19-9)13(17)16-6-5-11(15)14(2,3)8-16;/h7,11H,5-6,8,15H2,1-4H3;1H. The van der Waals surface area contributed by atoms with Gasteiger partial charge in [0.15, 0.2) is 0 Å². The van der Waals surface area contributed by atoms with Gasteiger partial charge >= 0.3 is 0 Å². The topological polar surface area (TPSA) is 55.6 Å². The molecule has 1 atom stereocenters. The molecule has 1 aliphatic rings. The van der Waals surface area contributed by atoms with Crippen LogP contribution in [0.15, 0.2) is 6.07 Å². The van der Waals surface area contributed by atoms with Crippen LogP contribution in [0.25, 0.3) is 0 Å². The van der Waals surface area contributed by atoms with E-state index in [-0.39, 0.29) is 29.8 Å². The monoisotopic (exact) mass is 318 g/mol. The minimum Gasteiger partial charge on any atom is -0.495 e. The Bertz CT molecular complexity index is 488. The fourth-order valence-electron chi connectivity index (χ4n) is 2.48. The van der Waals surface area contributed by atoms with Crippen LogP contribution in [0.5, 0.6) is 5.75 Å². The van der Waals surface area contributed by atoms with Crippen molar-refractivity contribution in [2.75, 3.05) is 20.2 Å². The summed E-state index contributed by atoms with van der Waals surface area (Å²) < 4.78 is 5.29. The third kappa shape index (κ3) is 3.27. The van der Waals surface area contributed by atoms with Gasteiger partial charge in [0.1, 0.15) is 10.6 Å². The van der Waals surface area contributed by atoms with Gasteiger partial charge < -0.3 is 15.4 Å². The van der Waals surface area contributed by atoms with Crippen LogP contribution in [-0.4, -0.2) is 37.0 Å². The molecule has 1 fully saturated rings. The Hall–Kier alpha value is -0.780. The quantitative estimate of drug-likeness (QED) is 0.912. The van der Waals surface area contributed by atoms with Crippen molar-refractivity contribution in [2.45, 2.75) is 33.2 Å². The number of hydrogen-bond donors (Lipinski definition) is 1. The van der Waals surface area contributed by atoms with Crippen molar-refractivity contribution in [3.8, 4) is 5.75 Å². The average molecular weight is 319 g/mol. The highest BCUT2D eigenvalue weighted by Crippen LogP contribution is 2.33. The molecule has 2 heterocycles. The molecule has 0 aromatic carbocycles. The smallest absolute Gasteiger partial charge is 0.267 e. The Morgan fingerprint density at radius 1 is 1.55 bits per heavy atom. The minimum absolute atomic E-state index is 0. The molecule has 1 saturated heterocycles. The zero-order valence-corrected chi connectivity index (χ0v) is 14.1. The molecule has 6 heteroatoms. The summed E-state index contributed by atoms with van der Waals surface area (Å²) in [6, 6.07) is 2.07. The summed E-state index contributed by atoms with van der Waals surface area (Å²) in [5.74, 6) is 0.745. The molecule has 2 rings (SSSR count). The molecule has 0 radical (unpaired) electrons. The molecule has 114 valence electrons. The van der Waals surface area contributed by atoms with Gasteiger partial charge in [-0.3, -0.25) is 4.79 Å². The maximum Gasteiger partial charge on any atom is 0.267 e. The molecule has 20 heavy (non-hydrogen) atoms. The number of ether oxygens (including phenoxy) is 1. The Morgan fingerprint density at radius 3 is 2.75 bits per heavy atom. The van der Waals surface area contributed by atoms with E-state index in [0.29, 0.717) is 17.2 Å². The number of carbonyl (C=O) groups is 1. The van der Waals surface area contributed by atoms with Crippen molar-refractivity contribution < 1.29 is 9.53 Å². The lowest BCUT2D eigenvalue weighted by Crippen LogP contribution is -2.53. The number of rotatable bonds is 2. The fraction of sp³-hybridized carbons (Fsp3) is 0.643. The summed E-state index contributed by atoms with van der Waals surface area (Å²) >= 11 is 1.49. The van der Waals surface area contributed by atoms with Crippen LogP contribution < -0.4 is 10.5 Å². The van der Waals surface area contributed by atoms with Crippen molar-refractivity contribution in [2.24, 2.45) is 11.1 Å². The SMILES string of the molecule is COc1cc(C)sc1C(=O)N1CCC(N)C(C)(C)C1.Cl.